The fraction of sp³-hybridized carbons (Fsp3) is 0.167. The van der Waals surface area contributed by atoms with E-state index in [2.05, 4.69) is 10.1 Å². The van der Waals surface area contributed by atoms with Crippen molar-refractivity contribution in [2.45, 2.75) is 12.8 Å². The first-order valence-corrected chi connectivity index (χ1v) is 5.93. The quantitative estimate of drug-likeness (QED) is 0.790. The van der Waals surface area contributed by atoms with Gasteiger partial charge in [-0.25, -0.2) is 0 Å². The topological polar surface area (TPSA) is 38.9 Å². The van der Waals surface area contributed by atoms with Crippen molar-refractivity contribution in [1.29, 1.82) is 0 Å². The highest BCUT2D eigenvalue weighted by atomic mass is 35.5. The van der Waals surface area contributed by atoms with E-state index >= 15 is 0 Å². The maximum Gasteiger partial charge on any atom is 0.241 e. The van der Waals surface area contributed by atoms with Crippen LogP contribution in [0.1, 0.15) is 24.2 Å². The fourth-order valence-corrected chi connectivity index (χ4v) is 1.61. The van der Waals surface area contributed by atoms with Gasteiger partial charge in [0.25, 0.3) is 0 Å². The van der Waals surface area contributed by atoms with Gasteiger partial charge in [-0.15, -0.1) is 11.6 Å². The van der Waals surface area contributed by atoms with Gasteiger partial charge in [-0.1, -0.05) is 28.9 Å². The third-order valence-electron chi connectivity index (χ3n) is 2.24. The predicted molar refractivity (Wildman–Crippen MR) is 68.9 cm³/mol. The summed E-state index contributed by atoms with van der Waals surface area (Å²) in [5.74, 6) is 1.16. The minimum Gasteiger partial charge on any atom is -0.338 e. The zero-order valence-corrected chi connectivity index (χ0v) is 10.7. The molecule has 3 nitrogen and oxygen atoms in total. The maximum atomic E-state index is 5.82. The summed E-state index contributed by atoms with van der Waals surface area (Å²) < 4.78 is 4.91. The number of hydrogen-bond acceptors (Lipinski definition) is 3. The van der Waals surface area contributed by atoms with Crippen LogP contribution in [0.4, 0.5) is 0 Å². The largest absolute Gasteiger partial charge is 0.338 e. The summed E-state index contributed by atoms with van der Waals surface area (Å²) in [6, 6.07) is 7.57. The molecule has 0 spiro atoms. The van der Waals surface area contributed by atoms with Crippen molar-refractivity contribution in [3.8, 4) is 0 Å². The molecule has 0 saturated heterocycles. The van der Waals surface area contributed by atoms with E-state index in [-0.39, 0.29) is 5.88 Å². The maximum absolute atomic E-state index is 5.82. The highest BCUT2D eigenvalue weighted by Crippen LogP contribution is 2.19. The molecular weight excluding hydrogens is 259 g/mol. The highest BCUT2D eigenvalue weighted by Gasteiger charge is 2.03. The van der Waals surface area contributed by atoms with Crippen molar-refractivity contribution in [2.24, 2.45) is 0 Å². The van der Waals surface area contributed by atoms with E-state index in [0.717, 1.165) is 11.1 Å². The molecule has 0 amide bonds. The van der Waals surface area contributed by atoms with Gasteiger partial charge in [0.2, 0.25) is 5.89 Å². The number of benzene rings is 1. The number of hydrogen-bond donors (Lipinski definition) is 0. The van der Waals surface area contributed by atoms with Gasteiger partial charge in [-0.05, 0) is 36.3 Å². The average molecular weight is 269 g/mol. The lowest BCUT2D eigenvalue weighted by Crippen LogP contribution is -1.82. The Bertz CT molecular complexity index is 532. The van der Waals surface area contributed by atoms with Gasteiger partial charge in [0.05, 0.1) is 0 Å². The zero-order valence-electron chi connectivity index (χ0n) is 9.15. The van der Waals surface area contributed by atoms with Crippen LogP contribution in [0.15, 0.2) is 28.8 Å². The Balaban J connectivity index is 2.24. The van der Waals surface area contributed by atoms with E-state index in [0.29, 0.717) is 16.7 Å². The van der Waals surface area contributed by atoms with Crippen molar-refractivity contribution in [3.05, 3.63) is 46.6 Å². The molecule has 2 aromatic rings. The van der Waals surface area contributed by atoms with Gasteiger partial charge >= 0.3 is 0 Å². The molecular formula is C12H10Cl2N2O. The number of aromatic nitrogens is 2. The Hall–Kier alpha value is -1.32. The molecule has 0 bridgehead atoms. The lowest BCUT2D eigenvalue weighted by Gasteiger charge is -1.99. The molecule has 0 N–H and O–H groups in total. The summed E-state index contributed by atoms with van der Waals surface area (Å²) in [7, 11) is 0. The summed E-state index contributed by atoms with van der Waals surface area (Å²) in [5.41, 5.74) is 2.09. The second-order valence-corrected chi connectivity index (χ2v) is 4.22. The number of allylic oxidation sites excluding steroid dienone is 1. The molecule has 0 aliphatic carbocycles. The fourth-order valence-electron chi connectivity index (χ4n) is 1.37. The van der Waals surface area contributed by atoms with E-state index in [1.54, 1.807) is 0 Å². The van der Waals surface area contributed by atoms with Gasteiger partial charge in [-0.3, -0.25) is 0 Å². The van der Waals surface area contributed by atoms with Gasteiger partial charge in [-0.2, -0.15) is 4.98 Å². The minimum absolute atomic E-state index is 0.223. The van der Waals surface area contributed by atoms with E-state index in [1.807, 2.05) is 37.3 Å². The number of halogens is 2. The van der Waals surface area contributed by atoms with Crippen LogP contribution in [-0.4, -0.2) is 10.1 Å². The van der Waals surface area contributed by atoms with E-state index in [1.165, 1.54) is 0 Å². The van der Waals surface area contributed by atoms with Crippen molar-refractivity contribution in [2.75, 3.05) is 0 Å². The van der Waals surface area contributed by atoms with Gasteiger partial charge in [0.15, 0.2) is 5.82 Å². The van der Waals surface area contributed by atoms with Crippen molar-refractivity contribution in [1.82, 2.24) is 10.1 Å². The van der Waals surface area contributed by atoms with Crippen LogP contribution >= 0.6 is 23.2 Å². The van der Waals surface area contributed by atoms with Crippen molar-refractivity contribution >= 4 is 34.9 Å². The normalized spacial score (nSPS) is 11.8. The molecule has 2 rings (SSSR count). The van der Waals surface area contributed by atoms with Gasteiger partial charge in [0, 0.05) is 5.02 Å². The molecule has 5 heteroatoms. The third-order valence-corrected chi connectivity index (χ3v) is 2.72. The number of alkyl halides is 1. The molecule has 0 fully saturated rings. The van der Waals surface area contributed by atoms with Crippen LogP contribution in [0.25, 0.3) is 11.6 Å². The number of rotatable bonds is 3. The van der Waals surface area contributed by atoms with Gasteiger partial charge in [0.1, 0.15) is 5.88 Å². The molecule has 0 radical (unpaired) electrons. The lowest BCUT2D eigenvalue weighted by atomic mass is 10.1. The Kier molecular flexibility index (Phi) is 3.82. The first-order chi connectivity index (χ1) is 8.19. The first-order valence-electron chi connectivity index (χ1n) is 5.02. The summed E-state index contributed by atoms with van der Waals surface area (Å²) in [5, 5.41) is 4.51. The number of nitrogens with zero attached hydrogens (tertiary/aromatic N) is 2. The standard InChI is InChI=1S/C12H10Cl2N2O/c1-8(9-2-4-10(14)5-3-9)6-11-15-12(7-13)17-16-11/h2-6H,7H2,1H3. The molecule has 1 heterocycles. The highest BCUT2D eigenvalue weighted by molar-refractivity contribution is 6.30. The van der Waals surface area contributed by atoms with Crippen LogP contribution in [0, 0.1) is 0 Å². The Labute approximate surface area is 109 Å². The molecule has 0 aliphatic heterocycles. The molecule has 1 aromatic heterocycles. The molecule has 0 unspecified atom stereocenters. The molecule has 0 aliphatic rings. The molecule has 1 aromatic carbocycles. The minimum atomic E-state index is 0.223. The van der Waals surface area contributed by atoms with E-state index in [9.17, 15) is 0 Å². The Morgan fingerprint density at radius 3 is 2.65 bits per heavy atom. The average Bonchev–Trinajstić information content (AvgIpc) is 2.77. The summed E-state index contributed by atoms with van der Waals surface area (Å²) in [6.45, 7) is 1.97. The second kappa shape index (κ2) is 5.34. The lowest BCUT2D eigenvalue weighted by molar-refractivity contribution is 0.388. The molecule has 0 saturated carbocycles. The smallest absolute Gasteiger partial charge is 0.241 e. The summed E-state index contributed by atoms with van der Waals surface area (Å²) in [6.07, 6.45) is 1.84. The Morgan fingerprint density at radius 2 is 2.06 bits per heavy atom. The SMILES string of the molecule is CC(=Cc1noc(CCl)n1)c1ccc(Cl)cc1. The van der Waals surface area contributed by atoms with Crippen LogP contribution in [-0.2, 0) is 5.88 Å². The van der Waals surface area contributed by atoms with Crippen LogP contribution in [0.3, 0.4) is 0 Å². The predicted octanol–water partition coefficient (Wildman–Crippen LogP) is 4.02. The summed E-state index contributed by atoms with van der Waals surface area (Å²) >= 11 is 11.4. The monoisotopic (exact) mass is 268 g/mol. The van der Waals surface area contributed by atoms with Crippen LogP contribution in [0.2, 0.25) is 5.02 Å². The van der Waals surface area contributed by atoms with Gasteiger partial charge < -0.3 is 4.52 Å². The molecule has 17 heavy (non-hydrogen) atoms. The summed E-state index contributed by atoms with van der Waals surface area (Å²) in [4.78, 5) is 4.10. The van der Waals surface area contributed by atoms with Crippen LogP contribution in [0.5, 0.6) is 0 Å². The Morgan fingerprint density at radius 1 is 1.35 bits per heavy atom. The third kappa shape index (κ3) is 3.08. The first kappa shape index (κ1) is 12.1. The second-order valence-electron chi connectivity index (χ2n) is 3.51. The zero-order chi connectivity index (χ0) is 12.3. The van der Waals surface area contributed by atoms with Crippen molar-refractivity contribution < 1.29 is 4.52 Å². The van der Waals surface area contributed by atoms with E-state index in [4.69, 9.17) is 27.7 Å². The molecule has 0 atom stereocenters. The van der Waals surface area contributed by atoms with E-state index < -0.39 is 0 Å². The molecule has 88 valence electrons. The van der Waals surface area contributed by atoms with Crippen molar-refractivity contribution in [3.63, 3.8) is 0 Å². The van der Waals surface area contributed by atoms with Crippen LogP contribution < -0.4 is 0 Å².